The number of nitrogens with one attached hydrogen (secondary N) is 2. The minimum atomic E-state index is -0.139. The summed E-state index contributed by atoms with van der Waals surface area (Å²) in [5.74, 6) is 0.745. The third kappa shape index (κ3) is 12.9. The van der Waals surface area contributed by atoms with Crippen LogP contribution in [0.2, 0.25) is 0 Å². The second-order valence-electron chi connectivity index (χ2n) is 16.1. The monoisotopic (exact) mass is 938 g/mol. The number of benzene rings is 1. The zero-order chi connectivity index (χ0) is 42.4. The van der Waals surface area contributed by atoms with Crippen LogP contribution in [0.5, 0.6) is 5.75 Å². The highest BCUT2D eigenvalue weighted by atomic mass is 32.1. The van der Waals surface area contributed by atoms with Crippen molar-refractivity contribution in [1.82, 2.24) is 10.6 Å². The summed E-state index contributed by atoms with van der Waals surface area (Å²) >= 11 is 11.0. The highest BCUT2D eigenvalue weighted by Crippen LogP contribution is 2.42. The molecule has 0 saturated heterocycles. The predicted octanol–water partition coefficient (Wildman–Crippen LogP) is 15.7. The highest BCUT2D eigenvalue weighted by Gasteiger charge is 2.25. The standard InChI is InChI=1S/C51H58N2O3S6/c1-2-3-4-6-13-39-23-27-46(59-39)47-28-25-41(61-47)34-53-43-15-9-8-14-42(43)52-33-40-24-26-44(60-40)36-19-21-38(22-20-36)55-29-10-5-7-18-50(54)56-35-37-32-49(45-16-11-30-57-45)62-51(37)48-17-12-31-58-48/h11-12,16-17,19-28,30-32,42-43,52-53H,2-10,13-15,18,29,33-35H2,1H3/t42-,43-/m0/s1. The molecule has 8 rings (SSSR count). The fraction of sp³-hybridized carbons (Fsp3) is 0.392. The lowest BCUT2D eigenvalue weighted by molar-refractivity contribution is -0.145. The van der Waals surface area contributed by atoms with Crippen molar-refractivity contribution < 1.29 is 14.3 Å². The summed E-state index contributed by atoms with van der Waals surface area (Å²) in [4.78, 5) is 26.0. The molecule has 6 heterocycles. The molecule has 0 amide bonds. The maximum atomic E-state index is 12.7. The molecule has 2 N–H and O–H groups in total. The van der Waals surface area contributed by atoms with E-state index in [1.165, 1.54) is 112 Å². The molecule has 0 unspecified atom stereocenters. The van der Waals surface area contributed by atoms with Gasteiger partial charge in [0, 0.05) is 81.1 Å². The SMILES string of the molecule is CCCCCCc1ccc(-c2ccc(CN[C@H]3CCCC[C@@H]3NCc3ccc(-c4ccc(OCCCCCC(=O)OCc5cc(-c6cccs6)sc5-c5cccs5)cc4)s3)s2)s1. The van der Waals surface area contributed by atoms with Crippen LogP contribution >= 0.6 is 68.0 Å². The number of hydrogen-bond acceptors (Lipinski definition) is 11. The van der Waals surface area contributed by atoms with E-state index >= 15 is 0 Å². The van der Waals surface area contributed by atoms with Crippen LogP contribution < -0.4 is 15.4 Å². The van der Waals surface area contributed by atoms with Gasteiger partial charge in [0.1, 0.15) is 12.4 Å². The van der Waals surface area contributed by atoms with Gasteiger partial charge in [-0.05, 0) is 140 Å². The first kappa shape index (κ1) is 45.2. The van der Waals surface area contributed by atoms with Gasteiger partial charge in [-0.15, -0.1) is 68.0 Å². The van der Waals surface area contributed by atoms with Gasteiger partial charge in [0.25, 0.3) is 0 Å². The Morgan fingerprint density at radius 2 is 1.27 bits per heavy atom. The van der Waals surface area contributed by atoms with E-state index in [4.69, 9.17) is 9.47 Å². The molecular weight excluding hydrogens is 881 g/mol. The lowest BCUT2D eigenvalue weighted by Gasteiger charge is -2.33. The smallest absolute Gasteiger partial charge is 0.306 e. The molecule has 5 nitrogen and oxygen atoms in total. The maximum Gasteiger partial charge on any atom is 0.306 e. The van der Waals surface area contributed by atoms with Crippen LogP contribution in [0, 0.1) is 0 Å². The fourth-order valence-electron chi connectivity index (χ4n) is 8.06. The summed E-state index contributed by atoms with van der Waals surface area (Å²) in [6.07, 6.45) is 14.6. The summed E-state index contributed by atoms with van der Waals surface area (Å²) in [5.41, 5.74) is 2.30. The van der Waals surface area contributed by atoms with Crippen LogP contribution in [-0.2, 0) is 35.6 Å². The second-order valence-corrected chi connectivity index (χ2v) is 22.6. The van der Waals surface area contributed by atoms with Gasteiger partial charge in [0.2, 0.25) is 0 Å². The third-order valence-electron chi connectivity index (χ3n) is 11.5. The van der Waals surface area contributed by atoms with E-state index in [9.17, 15) is 4.79 Å². The van der Waals surface area contributed by atoms with Gasteiger partial charge in [0.05, 0.1) is 11.5 Å². The van der Waals surface area contributed by atoms with Gasteiger partial charge in [-0.3, -0.25) is 4.79 Å². The van der Waals surface area contributed by atoms with Crippen LogP contribution in [0.4, 0.5) is 0 Å². The predicted molar refractivity (Wildman–Crippen MR) is 270 cm³/mol. The zero-order valence-corrected chi connectivity index (χ0v) is 40.6. The van der Waals surface area contributed by atoms with Gasteiger partial charge in [-0.2, -0.15) is 0 Å². The van der Waals surface area contributed by atoms with Crippen molar-refractivity contribution in [1.29, 1.82) is 0 Å². The molecule has 2 atom stereocenters. The number of ether oxygens (including phenoxy) is 2. The van der Waals surface area contributed by atoms with Crippen molar-refractivity contribution in [3.8, 4) is 45.5 Å². The molecule has 1 aliphatic carbocycles. The van der Waals surface area contributed by atoms with Gasteiger partial charge < -0.3 is 20.1 Å². The average Bonchev–Trinajstić information content (AvgIpc) is 4.15. The van der Waals surface area contributed by atoms with Crippen molar-refractivity contribution in [2.24, 2.45) is 0 Å². The molecule has 326 valence electrons. The highest BCUT2D eigenvalue weighted by molar-refractivity contribution is 7.26. The quantitative estimate of drug-likeness (QED) is 0.0467. The molecule has 1 saturated carbocycles. The van der Waals surface area contributed by atoms with E-state index < -0.39 is 0 Å². The van der Waals surface area contributed by atoms with Gasteiger partial charge in [-0.25, -0.2) is 0 Å². The number of esters is 1. The Morgan fingerprint density at radius 3 is 1.97 bits per heavy atom. The van der Waals surface area contributed by atoms with E-state index in [0.29, 0.717) is 31.7 Å². The minimum absolute atomic E-state index is 0.139. The Kier molecular flexibility index (Phi) is 17.1. The Balaban J connectivity index is 0.718. The molecule has 0 aliphatic heterocycles. The lowest BCUT2D eigenvalue weighted by atomic mass is 9.90. The number of hydrogen-bond donors (Lipinski definition) is 2. The topological polar surface area (TPSA) is 59.6 Å². The van der Waals surface area contributed by atoms with Crippen LogP contribution in [0.3, 0.4) is 0 Å². The molecule has 1 aromatic carbocycles. The Labute approximate surface area is 392 Å². The first-order valence-electron chi connectivity index (χ1n) is 22.4. The van der Waals surface area contributed by atoms with Crippen molar-refractivity contribution >= 4 is 74.0 Å². The summed E-state index contributed by atoms with van der Waals surface area (Å²) in [7, 11) is 0. The van der Waals surface area contributed by atoms with Crippen molar-refractivity contribution in [3.05, 3.63) is 122 Å². The molecule has 1 fully saturated rings. The summed E-state index contributed by atoms with van der Waals surface area (Å²) < 4.78 is 11.8. The third-order valence-corrected chi connectivity index (χ3v) is 18.3. The Bertz CT molecular complexity index is 2370. The van der Waals surface area contributed by atoms with Gasteiger partial charge >= 0.3 is 5.97 Å². The van der Waals surface area contributed by atoms with Gasteiger partial charge in [-0.1, -0.05) is 51.2 Å². The van der Waals surface area contributed by atoms with Gasteiger partial charge in [0.15, 0.2) is 0 Å². The molecule has 0 spiro atoms. The van der Waals surface area contributed by atoms with Crippen molar-refractivity contribution in [2.45, 2.75) is 122 Å². The molecule has 0 radical (unpaired) electrons. The summed E-state index contributed by atoms with van der Waals surface area (Å²) in [5, 5.41) is 12.1. The lowest BCUT2D eigenvalue weighted by Crippen LogP contribution is -2.49. The molecule has 6 aromatic heterocycles. The van der Waals surface area contributed by atoms with E-state index in [0.717, 1.165) is 43.7 Å². The number of unbranched alkanes of at least 4 members (excludes halogenated alkanes) is 5. The average molecular weight is 939 g/mol. The van der Waals surface area contributed by atoms with Crippen LogP contribution in [0.25, 0.3) is 39.7 Å². The molecular formula is C51H58N2O3S6. The van der Waals surface area contributed by atoms with Crippen molar-refractivity contribution in [2.75, 3.05) is 6.61 Å². The first-order valence-corrected chi connectivity index (χ1v) is 27.4. The van der Waals surface area contributed by atoms with E-state index in [1.54, 1.807) is 34.0 Å². The first-order chi connectivity index (χ1) is 30.6. The number of rotatable bonds is 24. The molecule has 0 bridgehead atoms. The number of carbonyl (C=O) groups excluding carboxylic acids is 1. The van der Waals surface area contributed by atoms with Crippen molar-refractivity contribution in [3.63, 3.8) is 0 Å². The van der Waals surface area contributed by atoms with E-state index in [2.05, 4.69) is 119 Å². The fourth-order valence-corrected chi connectivity index (χ4v) is 14.0. The second kappa shape index (κ2) is 23.5. The molecule has 7 aromatic rings. The zero-order valence-electron chi connectivity index (χ0n) is 35.7. The number of aryl methyl sites for hydroxylation is 1. The van der Waals surface area contributed by atoms with E-state index in [1.807, 2.05) is 34.0 Å². The summed E-state index contributed by atoms with van der Waals surface area (Å²) in [6.45, 7) is 5.06. The van der Waals surface area contributed by atoms with E-state index in [-0.39, 0.29) is 5.97 Å². The minimum Gasteiger partial charge on any atom is -0.494 e. The van der Waals surface area contributed by atoms with Crippen LogP contribution in [0.1, 0.15) is 104 Å². The maximum absolute atomic E-state index is 12.7. The molecule has 1 aliphatic rings. The Hall–Kier alpha value is -3.39. The molecule has 62 heavy (non-hydrogen) atoms. The number of carbonyl (C=O) groups is 1. The number of thiophene rings is 6. The molecule has 11 heteroatoms. The normalized spacial score (nSPS) is 15.3. The van der Waals surface area contributed by atoms with Crippen LogP contribution in [0.15, 0.2) is 102 Å². The summed E-state index contributed by atoms with van der Waals surface area (Å²) in [6, 6.07) is 33.9. The largest absolute Gasteiger partial charge is 0.494 e. The Morgan fingerprint density at radius 1 is 0.629 bits per heavy atom. The van der Waals surface area contributed by atoms with Crippen LogP contribution in [-0.4, -0.2) is 24.7 Å².